The fourth-order valence-electron chi connectivity index (χ4n) is 1.81. The molecule has 1 N–H and O–H groups in total. The van der Waals surface area contributed by atoms with E-state index in [-0.39, 0.29) is 10.8 Å². The maximum atomic E-state index is 12.5. The lowest BCUT2D eigenvalue weighted by Crippen LogP contribution is -2.65. The number of amides is 2. The predicted molar refractivity (Wildman–Crippen MR) is 70.2 cm³/mol. The number of hydrogen-bond donors (Lipinski definition) is 1. The van der Waals surface area contributed by atoms with Gasteiger partial charge in [-0.3, -0.25) is 14.9 Å². The van der Waals surface area contributed by atoms with Crippen LogP contribution in [0.3, 0.4) is 0 Å². The monoisotopic (exact) mass is 302 g/mol. The average Bonchev–Trinajstić information content (AvgIpc) is 2.71. The van der Waals surface area contributed by atoms with E-state index in [1.165, 1.54) is 19.9 Å². The number of nitrogens with zero attached hydrogens (tertiary/aromatic N) is 1. The molecule has 1 fully saturated rings. The second-order valence-corrected chi connectivity index (χ2v) is 8.19. The number of rotatable bonds is 2. The Balaban J connectivity index is 2.49. The highest BCUT2D eigenvalue weighted by atomic mass is 32.2. The Morgan fingerprint density at radius 2 is 1.95 bits per heavy atom. The molecule has 0 bridgehead atoms. The third kappa shape index (κ3) is 2.31. The maximum absolute atomic E-state index is 12.5. The number of aryl methyl sites for hydroxylation is 1. The fraction of sp³-hybridized carbons (Fsp3) is 0.455. The molecule has 0 aliphatic carbocycles. The lowest BCUT2D eigenvalue weighted by molar-refractivity contribution is -0.141. The van der Waals surface area contributed by atoms with Crippen LogP contribution in [0.5, 0.6) is 0 Å². The van der Waals surface area contributed by atoms with E-state index in [2.05, 4.69) is 5.32 Å². The van der Waals surface area contributed by atoms with Gasteiger partial charge in [0, 0.05) is 4.88 Å². The molecule has 0 radical (unpaired) electrons. The highest BCUT2D eigenvalue weighted by molar-refractivity contribution is 7.91. The Labute approximate surface area is 115 Å². The van der Waals surface area contributed by atoms with E-state index in [0.717, 1.165) is 20.5 Å². The summed E-state index contributed by atoms with van der Waals surface area (Å²) < 4.78 is 26.1. The highest BCUT2D eigenvalue weighted by Gasteiger charge is 2.47. The van der Waals surface area contributed by atoms with E-state index >= 15 is 0 Å². The van der Waals surface area contributed by atoms with Crippen molar-refractivity contribution < 1.29 is 18.0 Å². The number of carbonyl (C=O) groups is 2. The molecule has 2 amide bonds. The fourth-order valence-corrected chi connectivity index (χ4v) is 4.91. The SMILES string of the molecule is Cc1ccc(S(=O)(=O)N2CC(=O)NC(=O)C2(C)C)s1. The first-order valence-corrected chi connectivity index (χ1v) is 7.85. The van der Waals surface area contributed by atoms with Crippen molar-refractivity contribution in [1.29, 1.82) is 0 Å². The van der Waals surface area contributed by atoms with E-state index in [4.69, 9.17) is 0 Å². The van der Waals surface area contributed by atoms with E-state index in [0.29, 0.717) is 0 Å². The third-order valence-electron chi connectivity index (χ3n) is 2.98. The van der Waals surface area contributed by atoms with Crippen LogP contribution >= 0.6 is 11.3 Å². The van der Waals surface area contributed by atoms with Crippen LogP contribution < -0.4 is 5.32 Å². The van der Waals surface area contributed by atoms with Crippen LogP contribution in [0.2, 0.25) is 0 Å². The van der Waals surface area contributed by atoms with Gasteiger partial charge in [0.2, 0.25) is 11.8 Å². The Morgan fingerprint density at radius 3 is 2.47 bits per heavy atom. The van der Waals surface area contributed by atoms with Crippen molar-refractivity contribution in [1.82, 2.24) is 9.62 Å². The van der Waals surface area contributed by atoms with Gasteiger partial charge in [-0.1, -0.05) is 0 Å². The van der Waals surface area contributed by atoms with Gasteiger partial charge in [0.05, 0.1) is 6.54 Å². The molecule has 0 saturated carbocycles. The lowest BCUT2D eigenvalue weighted by Gasteiger charge is -2.38. The van der Waals surface area contributed by atoms with Crippen molar-refractivity contribution in [2.75, 3.05) is 6.54 Å². The van der Waals surface area contributed by atoms with E-state index < -0.39 is 27.4 Å². The smallest absolute Gasteiger partial charge is 0.254 e. The minimum atomic E-state index is -3.84. The summed E-state index contributed by atoms with van der Waals surface area (Å²) in [5, 5.41) is 2.15. The molecule has 1 aliphatic rings. The second-order valence-electron chi connectivity index (χ2n) is 4.81. The number of sulfonamides is 1. The molecule has 2 rings (SSSR count). The molecule has 6 nitrogen and oxygen atoms in total. The van der Waals surface area contributed by atoms with Crippen molar-refractivity contribution in [3.05, 3.63) is 17.0 Å². The van der Waals surface area contributed by atoms with Crippen molar-refractivity contribution in [2.24, 2.45) is 0 Å². The van der Waals surface area contributed by atoms with Gasteiger partial charge in [-0.25, -0.2) is 8.42 Å². The van der Waals surface area contributed by atoms with Gasteiger partial charge in [-0.15, -0.1) is 11.3 Å². The summed E-state index contributed by atoms with van der Waals surface area (Å²) in [4.78, 5) is 24.1. The Morgan fingerprint density at radius 1 is 1.32 bits per heavy atom. The van der Waals surface area contributed by atoms with Crippen molar-refractivity contribution in [3.63, 3.8) is 0 Å². The largest absolute Gasteiger partial charge is 0.294 e. The molecule has 0 unspecified atom stereocenters. The first-order chi connectivity index (χ1) is 8.65. The molecule has 104 valence electrons. The summed E-state index contributed by atoms with van der Waals surface area (Å²) in [6.45, 7) is 4.40. The summed E-state index contributed by atoms with van der Waals surface area (Å²) in [5.41, 5.74) is -1.29. The Hall–Kier alpha value is -1.25. The second kappa shape index (κ2) is 4.39. The molecule has 0 spiro atoms. The Kier molecular flexibility index (Phi) is 3.28. The topological polar surface area (TPSA) is 83.6 Å². The van der Waals surface area contributed by atoms with Crippen molar-refractivity contribution in [2.45, 2.75) is 30.5 Å². The van der Waals surface area contributed by atoms with Crippen LogP contribution in [0.25, 0.3) is 0 Å². The van der Waals surface area contributed by atoms with Gasteiger partial charge in [0.1, 0.15) is 9.75 Å². The minimum Gasteiger partial charge on any atom is -0.294 e. The average molecular weight is 302 g/mol. The van der Waals surface area contributed by atoms with Crippen LogP contribution in [0.4, 0.5) is 0 Å². The van der Waals surface area contributed by atoms with Gasteiger partial charge >= 0.3 is 0 Å². The quantitative estimate of drug-likeness (QED) is 0.806. The maximum Gasteiger partial charge on any atom is 0.254 e. The van der Waals surface area contributed by atoms with Gasteiger partial charge in [-0.05, 0) is 32.9 Å². The van der Waals surface area contributed by atoms with Gasteiger partial charge in [-0.2, -0.15) is 4.31 Å². The molecule has 1 aliphatic heterocycles. The van der Waals surface area contributed by atoms with Crippen LogP contribution in [-0.4, -0.2) is 36.6 Å². The number of hydrogen-bond acceptors (Lipinski definition) is 5. The predicted octanol–water partition coefficient (Wildman–Crippen LogP) is 0.482. The van der Waals surface area contributed by atoms with Gasteiger partial charge in [0.15, 0.2) is 0 Å². The molecular weight excluding hydrogens is 288 g/mol. The zero-order valence-corrected chi connectivity index (χ0v) is 12.4. The van der Waals surface area contributed by atoms with Crippen molar-refractivity contribution >= 4 is 33.2 Å². The van der Waals surface area contributed by atoms with E-state index in [9.17, 15) is 18.0 Å². The summed E-state index contributed by atoms with van der Waals surface area (Å²) in [6.07, 6.45) is 0. The molecule has 2 heterocycles. The highest BCUT2D eigenvalue weighted by Crippen LogP contribution is 2.30. The lowest BCUT2D eigenvalue weighted by atomic mass is 10.0. The van der Waals surface area contributed by atoms with E-state index in [1.807, 2.05) is 0 Å². The van der Waals surface area contributed by atoms with Crippen molar-refractivity contribution in [3.8, 4) is 0 Å². The van der Waals surface area contributed by atoms with Gasteiger partial charge < -0.3 is 0 Å². The van der Waals surface area contributed by atoms with E-state index in [1.54, 1.807) is 13.0 Å². The standard InChI is InChI=1S/C11H14N2O4S2/c1-7-4-5-9(18-7)19(16,17)13-6-8(14)12-10(15)11(13,2)3/h4-5H,6H2,1-3H3,(H,12,14,15). The Bertz CT molecular complexity index is 645. The summed E-state index contributed by atoms with van der Waals surface area (Å²) in [6, 6.07) is 3.18. The molecule has 0 aromatic carbocycles. The van der Waals surface area contributed by atoms with Crippen LogP contribution in [0.15, 0.2) is 16.3 Å². The van der Waals surface area contributed by atoms with Crippen LogP contribution in [0.1, 0.15) is 18.7 Å². The number of imide groups is 1. The van der Waals surface area contributed by atoms with Gasteiger partial charge in [0.25, 0.3) is 10.0 Å². The number of thiophene rings is 1. The molecule has 1 aromatic heterocycles. The minimum absolute atomic E-state index is 0.139. The molecule has 0 atom stereocenters. The normalized spacial score (nSPS) is 20.4. The van der Waals surface area contributed by atoms with Crippen LogP contribution in [0, 0.1) is 6.92 Å². The zero-order valence-electron chi connectivity index (χ0n) is 10.8. The third-order valence-corrected chi connectivity index (χ3v) is 6.47. The molecule has 8 heteroatoms. The summed E-state index contributed by atoms with van der Waals surface area (Å²) in [5.74, 6) is -1.22. The molecule has 19 heavy (non-hydrogen) atoms. The number of piperazine rings is 1. The molecule has 1 aromatic rings. The first-order valence-electron chi connectivity index (χ1n) is 5.59. The molecular formula is C11H14N2O4S2. The first kappa shape index (κ1) is 14.2. The number of carbonyl (C=O) groups excluding carboxylic acids is 2. The summed E-state index contributed by atoms with van der Waals surface area (Å²) in [7, 11) is -3.84. The van der Waals surface area contributed by atoms with Crippen LogP contribution in [-0.2, 0) is 19.6 Å². The zero-order chi connectivity index (χ0) is 14.4. The summed E-state index contributed by atoms with van der Waals surface area (Å²) >= 11 is 1.12. The number of nitrogens with one attached hydrogen (secondary N) is 1. The molecule has 1 saturated heterocycles.